The number of nitrogens with zero attached hydrogens (tertiary/aromatic N) is 2. The van der Waals surface area contributed by atoms with E-state index in [1.165, 1.54) is 16.3 Å². The van der Waals surface area contributed by atoms with E-state index in [0.717, 1.165) is 0 Å². The lowest BCUT2D eigenvalue weighted by atomic mass is 10.2. The molecule has 0 fully saturated rings. The lowest BCUT2D eigenvalue weighted by Gasteiger charge is -2.13. The Kier molecular flexibility index (Phi) is 5.32. The van der Waals surface area contributed by atoms with Gasteiger partial charge in [0.25, 0.3) is 5.56 Å². The molecule has 8 heteroatoms. The van der Waals surface area contributed by atoms with Crippen molar-refractivity contribution in [2.75, 3.05) is 5.75 Å². The van der Waals surface area contributed by atoms with Gasteiger partial charge in [-0.25, -0.2) is 4.98 Å². The summed E-state index contributed by atoms with van der Waals surface area (Å²) in [4.78, 5) is 28.5. The van der Waals surface area contributed by atoms with Crippen molar-refractivity contribution in [1.29, 1.82) is 0 Å². The number of primary amides is 1. The number of thioether (sulfide) groups is 1. The van der Waals surface area contributed by atoms with Crippen LogP contribution in [0.4, 0.5) is 0 Å². The van der Waals surface area contributed by atoms with Gasteiger partial charge in [0, 0.05) is 22.2 Å². The molecular formula is C17H13Cl2N3O2S. The Labute approximate surface area is 157 Å². The lowest BCUT2D eigenvalue weighted by Crippen LogP contribution is -2.22. The molecule has 2 N–H and O–H groups in total. The van der Waals surface area contributed by atoms with E-state index < -0.39 is 5.91 Å². The van der Waals surface area contributed by atoms with Gasteiger partial charge in [0.05, 0.1) is 16.6 Å². The fourth-order valence-electron chi connectivity index (χ4n) is 2.30. The van der Waals surface area contributed by atoms with Gasteiger partial charge in [0.2, 0.25) is 5.91 Å². The average Bonchev–Trinajstić information content (AvgIpc) is 2.56. The van der Waals surface area contributed by atoms with Crippen LogP contribution in [-0.4, -0.2) is 21.2 Å². The molecule has 0 radical (unpaired) electrons. The number of benzene rings is 2. The molecule has 0 saturated carbocycles. The van der Waals surface area contributed by atoms with Crippen LogP contribution in [0.3, 0.4) is 0 Å². The van der Waals surface area contributed by atoms with E-state index in [-0.39, 0.29) is 12.0 Å². The van der Waals surface area contributed by atoms with Crippen LogP contribution in [0.15, 0.2) is 52.4 Å². The third-order valence-electron chi connectivity index (χ3n) is 3.47. The monoisotopic (exact) mass is 393 g/mol. The van der Waals surface area contributed by atoms with Gasteiger partial charge < -0.3 is 5.73 Å². The number of carbonyl (C=O) groups is 1. The molecule has 1 aromatic heterocycles. The topological polar surface area (TPSA) is 78.0 Å². The van der Waals surface area contributed by atoms with Crippen LogP contribution in [-0.2, 0) is 4.79 Å². The van der Waals surface area contributed by atoms with Crippen LogP contribution in [0.25, 0.3) is 16.6 Å². The number of hydrogen-bond acceptors (Lipinski definition) is 4. The molecule has 5 nitrogen and oxygen atoms in total. The summed E-state index contributed by atoms with van der Waals surface area (Å²) < 4.78 is 1.50. The molecular weight excluding hydrogens is 381 g/mol. The van der Waals surface area contributed by atoms with Crippen molar-refractivity contribution in [3.63, 3.8) is 0 Å². The van der Waals surface area contributed by atoms with Crippen LogP contribution < -0.4 is 11.3 Å². The molecule has 0 aliphatic heterocycles. The average molecular weight is 394 g/mol. The van der Waals surface area contributed by atoms with Crippen molar-refractivity contribution >= 4 is 51.8 Å². The van der Waals surface area contributed by atoms with Crippen LogP contribution in [0, 0.1) is 0 Å². The van der Waals surface area contributed by atoms with Gasteiger partial charge >= 0.3 is 0 Å². The van der Waals surface area contributed by atoms with Crippen molar-refractivity contribution in [3.05, 3.63) is 62.9 Å². The van der Waals surface area contributed by atoms with E-state index in [2.05, 4.69) is 4.98 Å². The molecule has 1 heterocycles. The smallest absolute Gasteiger partial charge is 0.266 e. The van der Waals surface area contributed by atoms with Crippen molar-refractivity contribution in [3.8, 4) is 5.69 Å². The maximum atomic E-state index is 13.0. The second-order valence-corrected chi connectivity index (χ2v) is 7.17. The Morgan fingerprint density at radius 3 is 2.48 bits per heavy atom. The highest BCUT2D eigenvalue weighted by molar-refractivity contribution is 7.99. The molecule has 0 bridgehead atoms. The number of fused-ring (bicyclic) bond motifs is 1. The molecule has 2 aromatic carbocycles. The second-order valence-electron chi connectivity index (χ2n) is 5.24. The number of rotatable bonds is 5. The molecule has 128 valence electrons. The highest BCUT2D eigenvalue weighted by Crippen LogP contribution is 2.24. The van der Waals surface area contributed by atoms with Gasteiger partial charge in [-0.15, -0.1) is 0 Å². The van der Waals surface area contributed by atoms with Gasteiger partial charge in [-0.3, -0.25) is 14.2 Å². The minimum Gasteiger partial charge on any atom is -0.370 e. The first-order valence-electron chi connectivity index (χ1n) is 7.35. The van der Waals surface area contributed by atoms with Crippen molar-refractivity contribution in [1.82, 2.24) is 9.55 Å². The largest absolute Gasteiger partial charge is 0.370 e. The van der Waals surface area contributed by atoms with Gasteiger partial charge in [-0.05, 0) is 42.5 Å². The molecule has 0 aliphatic carbocycles. The van der Waals surface area contributed by atoms with E-state index in [9.17, 15) is 9.59 Å². The number of nitrogens with two attached hydrogens (primary N) is 1. The summed E-state index contributed by atoms with van der Waals surface area (Å²) in [5.74, 6) is 0.0123. The zero-order valence-electron chi connectivity index (χ0n) is 12.9. The van der Waals surface area contributed by atoms with Crippen LogP contribution in [0.1, 0.15) is 6.42 Å². The number of hydrogen-bond donors (Lipinski definition) is 1. The summed E-state index contributed by atoms with van der Waals surface area (Å²) in [5.41, 5.74) is 6.12. The fourth-order valence-corrected chi connectivity index (χ4v) is 3.55. The van der Waals surface area contributed by atoms with Gasteiger partial charge in [0.15, 0.2) is 5.16 Å². The standard InChI is InChI=1S/C17H13Cl2N3O2S/c18-10-1-4-12(5-2-10)22-16(24)13-6-3-11(19)9-14(13)21-17(22)25-8-7-15(20)23/h1-6,9H,7-8H2,(H2,20,23). The van der Waals surface area contributed by atoms with Crippen molar-refractivity contribution < 1.29 is 4.79 Å². The van der Waals surface area contributed by atoms with E-state index in [0.29, 0.717) is 37.5 Å². The van der Waals surface area contributed by atoms with Gasteiger partial charge in [0.1, 0.15) is 0 Å². The van der Waals surface area contributed by atoms with Crippen LogP contribution >= 0.6 is 35.0 Å². The Balaban J connectivity index is 2.18. The molecule has 1 amide bonds. The van der Waals surface area contributed by atoms with E-state index in [4.69, 9.17) is 28.9 Å². The molecule has 0 unspecified atom stereocenters. The maximum absolute atomic E-state index is 13.0. The SMILES string of the molecule is NC(=O)CCSc1nc2cc(Cl)ccc2c(=O)n1-c1ccc(Cl)cc1. The minimum atomic E-state index is -0.406. The van der Waals surface area contributed by atoms with Crippen LogP contribution in [0.2, 0.25) is 10.0 Å². The predicted octanol–water partition coefficient (Wildman–Crippen LogP) is 3.66. The summed E-state index contributed by atoms with van der Waals surface area (Å²) in [5, 5.41) is 1.99. The van der Waals surface area contributed by atoms with E-state index in [1.54, 1.807) is 42.5 Å². The van der Waals surface area contributed by atoms with E-state index >= 15 is 0 Å². The Bertz CT molecular complexity index is 1000. The molecule has 0 spiro atoms. The van der Waals surface area contributed by atoms with Crippen LogP contribution in [0.5, 0.6) is 0 Å². The van der Waals surface area contributed by atoms with E-state index in [1.807, 2.05) is 0 Å². The first-order chi connectivity index (χ1) is 12.0. The Hall–Kier alpha value is -2.02. The van der Waals surface area contributed by atoms with Gasteiger partial charge in [-0.2, -0.15) is 0 Å². The fraction of sp³-hybridized carbons (Fsp3) is 0.118. The lowest BCUT2D eigenvalue weighted by molar-refractivity contribution is -0.117. The van der Waals surface area contributed by atoms with Gasteiger partial charge in [-0.1, -0.05) is 35.0 Å². The number of halogens is 2. The molecule has 3 aromatic rings. The second kappa shape index (κ2) is 7.47. The Morgan fingerprint density at radius 1 is 1.12 bits per heavy atom. The molecule has 0 atom stereocenters. The normalized spacial score (nSPS) is 11.0. The zero-order chi connectivity index (χ0) is 18.0. The van der Waals surface area contributed by atoms with Crippen molar-refractivity contribution in [2.24, 2.45) is 5.73 Å². The number of amides is 1. The minimum absolute atomic E-state index is 0.189. The first-order valence-corrected chi connectivity index (χ1v) is 9.09. The number of aromatic nitrogens is 2. The number of carbonyl (C=O) groups excluding carboxylic acids is 1. The molecule has 0 saturated heterocycles. The third kappa shape index (κ3) is 3.98. The zero-order valence-corrected chi connectivity index (χ0v) is 15.2. The highest BCUT2D eigenvalue weighted by atomic mass is 35.5. The molecule has 25 heavy (non-hydrogen) atoms. The summed E-state index contributed by atoms with van der Waals surface area (Å²) in [6.07, 6.45) is 0.189. The summed E-state index contributed by atoms with van der Waals surface area (Å²) >= 11 is 13.2. The van der Waals surface area contributed by atoms with Crippen molar-refractivity contribution in [2.45, 2.75) is 11.6 Å². The quantitative estimate of drug-likeness (QED) is 0.529. The predicted molar refractivity (Wildman–Crippen MR) is 102 cm³/mol. The Morgan fingerprint density at radius 2 is 1.80 bits per heavy atom. The first kappa shape index (κ1) is 17.8. The maximum Gasteiger partial charge on any atom is 0.266 e. The molecule has 0 aliphatic rings. The highest BCUT2D eigenvalue weighted by Gasteiger charge is 2.14. The summed E-state index contributed by atoms with van der Waals surface area (Å²) in [6, 6.07) is 11.8. The molecule has 3 rings (SSSR count). The summed E-state index contributed by atoms with van der Waals surface area (Å²) in [6.45, 7) is 0. The summed E-state index contributed by atoms with van der Waals surface area (Å²) in [7, 11) is 0. The third-order valence-corrected chi connectivity index (χ3v) is 4.89.